The lowest BCUT2D eigenvalue weighted by atomic mass is 9.67. The van der Waals surface area contributed by atoms with E-state index >= 15 is 0 Å². The lowest BCUT2D eigenvalue weighted by Crippen LogP contribution is -2.46. The van der Waals surface area contributed by atoms with Crippen molar-refractivity contribution in [3.8, 4) is 0 Å². The van der Waals surface area contributed by atoms with Gasteiger partial charge in [-0.2, -0.15) is 0 Å². The van der Waals surface area contributed by atoms with E-state index in [1.165, 1.54) is 6.42 Å². The van der Waals surface area contributed by atoms with Crippen LogP contribution >= 0.6 is 0 Å². The Balaban J connectivity index is 2.04. The van der Waals surface area contributed by atoms with Crippen LogP contribution in [0, 0.1) is 11.8 Å². The molecular weight excluding hydrogens is 238 g/mol. The summed E-state index contributed by atoms with van der Waals surface area (Å²) in [7, 11) is 0. The van der Waals surface area contributed by atoms with Crippen molar-refractivity contribution in [1.82, 2.24) is 0 Å². The largest absolute Gasteiger partial charge is 0.375 e. The molecule has 1 heterocycles. The Morgan fingerprint density at radius 1 is 1.32 bits per heavy atom. The smallest absolute Gasteiger partial charge is 0.261 e. The lowest BCUT2D eigenvalue weighted by Gasteiger charge is -2.39. The van der Waals surface area contributed by atoms with Gasteiger partial charge >= 0.3 is 0 Å². The van der Waals surface area contributed by atoms with E-state index in [0.29, 0.717) is 5.92 Å². The maximum Gasteiger partial charge on any atom is 0.261 e. The summed E-state index contributed by atoms with van der Waals surface area (Å²) < 4.78 is 0. The maximum absolute atomic E-state index is 12.4. The van der Waals surface area contributed by atoms with Crippen molar-refractivity contribution in [2.24, 2.45) is 11.8 Å². The molecule has 19 heavy (non-hydrogen) atoms. The Kier molecular flexibility index (Phi) is 3.09. The molecule has 1 aliphatic carbocycles. The highest BCUT2D eigenvalue weighted by Crippen LogP contribution is 2.49. The first-order valence-corrected chi connectivity index (χ1v) is 7.31. The van der Waals surface area contributed by atoms with E-state index in [1.807, 2.05) is 24.3 Å². The number of nitrogens with one attached hydrogen (secondary N) is 1. The van der Waals surface area contributed by atoms with Gasteiger partial charge in [-0.15, -0.1) is 0 Å². The number of benzene rings is 1. The highest BCUT2D eigenvalue weighted by Gasteiger charge is 2.53. The van der Waals surface area contributed by atoms with Gasteiger partial charge in [0.05, 0.1) is 0 Å². The highest BCUT2D eigenvalue weighted by atomic mass is 16.3. The van der Waals surface area contributed by atoms with E-state index in [2.05, 4.69) is 12.2 Å². The molecule has 0 bridgehead atoms. The predicted octanol–water partition coefficient (Wildman–Crippen LogP) is 3.04. The number of fused-ring (bicyclic) bond motifs is 1. The van der Waals surface area contributed by atoms with Gasteiger partial charge in [-0.1, -0.05) is 50.8 Å². The second-order valence-electron chi connectivity index (χ2n) is 5.83. The number of hydrogen-bond donors (Lipinski definition) is 2. The first kappa shape index (κ1) is 12.7. The van der Waals surface area contributed by atoms with Gasteiger partial charge < -0.3 is 10.4 Å². The van der Waals surface area contributed by atoms with E-state index in [-0.39, 0.29) is 11.8 Å². The van der Waals surface area contributed by atoms with Crippen molar-refractivity contribution in [2.75, 3.05) is 5.32 Å². The zero-order chi connectivity index (χ0) is 13.5. The molecule has 3 nitrogen and oxygen atoms in total. The van der Waals surface area contributed by atoms with Gasteiger partial charge in [-0.3, -0.25) is 4.79 Å². The number of carbonyl (C=O) groups excluding carboxylic acids is 1. The molecule has 2 aliphatic rings. The van der Waals surface area contributed by atoms with Gasteiger partial charge in [0.25, 0.3) is 5.91 Å². The number of anilines is 1. The van der Waals surface area contributed by atoms with Gasteiger partial charge in [-0.05, 0) is 18.4 Å². The van der Waals surface area contributed by atoms with Crippen molar-refractivity contribution in [1.29, 1.82) is 0 Å². The third-order valence-corrected chi connectivity index (χ3v) is 4.90. The van der Waals surface area contributed by atoms with Crippen molar-refractivity contribution in [3.63, 3.8) is 0 Å². The molecule has 102 valence electrons. The zero-order valence-corrected chi connectivity index (χ0v) is 11.4. The fourth-order valence-corrected chi connectivity index (χ4v) is 3.88. The minimum absolute atomic E-state index is 0.0508. The van der Waals surface area contributed by atoms with E-state index in [4.69, 9.17) is 0 Å². The highest BCUT2D eigenvalue weighted by molar-refractivity contribution is 6.05. The monoisotopic (exact) mass is 259 g/mol. The van der Waals surface area contributed by atoms with Gasteiger partial charge in [-0.25, -0.2) is 0 Å². The number of hydrogen-bond acceptors (Lipinski definition) is 2. The van der Waals surface area contributed by atoms with Crippen LogP contribution in [0.3, 0.4) is 0 Å². The van der Waals surface area contributed by atoms with Crippen LogP contribution in [0.15, 0.2) is 24.3 Å². The fourth-order valence-electron chi connectivity index (χ4n) is 3.88. The molecule has 1 saturated carbocycles. The minimum Gasteiger partial charge on any atom is -0.375 e. The molecule has 3 unspecified atom stereocenters. The van der Waals surface area contributed by atoms with Crippen LogP contribution in [-0.2, 0) is 10.4 Å². The molecule has 1 fully saturated rings. The van der Waals surface area contributed by atoms with Crippen LogP contribution in [0.4, 0.5) is 5.69 Å². The molecule has 1 aromatic rings. The van der Waals surface area contributed by atoms with E-state index in [1.54, 1.807) is 0 Å². The zero-order valence-electron chi connectivity index (χ0n) is 11.4. The average Bonchev–Trinajstić information content (AvgIpc) is 2.72. The number of carbonyl (C=O) groups is 1. The number of para-hydroxylation sites is 1. The Morgan fingerprint density at radius 3 is 2.84 bits per heavy atom. The third kappa shape index (κ3) is 1.79. The molecule has 0 radical (unpaired) electrons. The lowest BCUT2D eigenvalue weighted by molar-refractivity contribution is -0.145. The maximum atomic E-state index is 12.4. The standard InChI is InChI=1S/C16H21NO2/c1-2-11-7-3-4-8-12(11)16(19)13-9-5-6-10-14(13)17-15(16)18/h5-6,9-12,19H,2-4,7-8H2,1H3,(H,17,18). The molecule has 3 heteroatoms. The quantitative estimate of drug-likeness (QED) is 0.857. The summed E-state index contributed by atoms with van der Waals surface area (Å²) in [6.45, 7) is 2.16. The van der Waals surface area contributed by atoms with Gasteiger partial charge in [0.15, 0.2) is 5.60 Å². The number of rotatable bonds is 2. The second kappa shape index (κ2) is 4.64. The SMILES string of the molecule is CCC1CCCCC1C1(O)C(=O)Nc2ccccc21. The summed E-state index contributed by atoms with van der Waals surface area (Å²) in [4.78, 5) is 12.4. The van der Waals surface area contributed by atoms with Gasteiger partial charge in [0.1, 0.15) is 0 Å². The molecule has 0 saturated heterocycles. The molecule has 1 amide bonds. The molecular formula is C16H21NO2. The van der Waals surface area contributed by atoms with E-state index < -0.39 is 5.60 Å². The summed E-state index contributed by atoms with van der Waals surface area (Å²) in [6, 6.07) is 7.54. The molecule has 0 aromatic heterocycles. The average molecular weight is 259 g/mol. The molecule has 0 spiro atoms. The van der Waals surface area contributed by atoms with Gasteiger partial charge in [0, 0.05) is 17.2 Å². The minimum atomic E-state index is -1.32. The third-order valence-electron chi connectivity index (χ3n) is 4.90. The Labute approximate surface area is 114 Å². The number of aliphatic hydroxyl groups is 1. The van der Waals surface area contributed by atoms with Crippen molar-refractivity contribution >= 4 is 11.6 Å². The van der Waals surface area contributed by atoms with Crippen molar-refractivity contribution in [2.45, 2.75) is 44.6 Å². The van der Waals surface area contributed by atoms with Gasteiger partial charge in [0.2, 0.25) is 0 Å². The predicted molar refractivity (Wildman–Crippen MR) is 74.7 cm³/mol. The van der Waals surface area contributed by atoms with Crippen LogP contribution in [0.5, 0.6) is 0 Å². The normalized spacial score (nSPS) is 33.9. The number of amides is 1. The summed E-state index contributed by atoms with van der Waals surface area (Å²) in [6.07, 6.45) is 5.42. The molecule has 1 aliphatic heterocycles. The molecule has 2 N–H and O–H groups in total. The second-order valence-corrected chi connectivity index (χ2v) is 5.83. The van der Waals surface area contributed by atoms with Crippen LogP contribution < -0.4 is 5.32 Å². The first-order valence-electron chi connectivity index (χ1n) is 7.31. The summed E-state index contributed by atoms with van der Waals surface area (Å²) in [5, 5.41) is 14.0. The van der Waals surface area contributed by atoms with Crippen molar-refractivity contribution in [3.05, 3.63) is 29.8 Å². The van der Waals surface area contributed by atoms with Crippen LogP contribution in [0.1, 0.15) is 44.6 Å². The van der Waals surface area contributed by atoms with Crippen LogP contribution in [0.2, 0.25) is 0 Å². The fraction of sp³-hybridized carbons (Fsp3) is 0.562. The molecule has 1 aromatic carbocycles. The molecule has 3 atom stereocenters. The summed E-state index contributed by atoms with van der Waals surface area (Å²) in [5.41, 5.74) is 0.221. The van der Waals surface area contributed by atoms with E-state index in [9.17, 15) is 9.90 Å². The van der Waals surface area contributed by atoms with Crippen LogP contribution in [-0.4, -0.2) is 11.0 Å². The summed E-state index contributed by atoms with van der Waals surface area (Å²) >= 11 is 0. The molecule has 3 rings (SSSR count). The van der Waals surface area contributed by atoms with Crippen molar-refractivity contribution < 1.29 is 9.90 Å². The Bertz CT molecular complexity index is 499. The van der Waals surface area contributed by atoms with E-state index in [0.717, 1.165) is 36.9 Å². The first-order chi connectivity index (χ1) is 9.17. The Morgan fingerprint density at radius 2 is 2.05 bits per heavy atom. The van der Waals surface area contributed by atoms with Crippen LogP contribution in [0.25, 0.3) is 0 Å². The summed E-state index contributed by atoms with van der Waals surface area (Å²) in [5.74, 6) is 0.254. The Hall–Kier alpha value is -1.35. The topological polar surface area (TPSA) is 49.3 Å².